The first kappa shape index (κ1) is 12.4. The molecule has 0 bridgehead atoms. The predicted octanol–water partition coefficient (Wildman–Crippen LogP) is 2.96. The number of nitrogens with two attached hydrogens (primary N) is 1. The fourth-order valence-corrected chi connectivity index (χ4v) is 3.69. The van der Waals surface area contributed by atoms with Crippen molar-refractivity contribution >= 4 is 0 Å². The van der Waals surface area contributed by atoms with E-state index in [1.165, 1.54) is 38.5 Å². The predicted molar refractivity (Wildman–Crippen MR) is 67.3 cm³/mol. The maximum atomic E-state index is 6.65. The molecule has 2 rings (SSSR count). The van der Waals surface area contributed by atoms with Gasteiger partial charge in [0.1, 0.15) is 0 Å². The summed E-state index contributed by atoms with van der Waals surface area (Å²) in [5, 5.41) is 0. The summed E-state index contributed by atoms with van der Waals surface area (Å²) in [7, 11) is 0. The zero-order chi connectivity index (χ0) is 11.6. The molecule has 0 radical (unpaired) electrons. The molecule has 16 heavy (non-hydrogen) atoms. The van der Waals surface area contributed by atoms with Crippen LogP contribution in [-0.4, -0.2) is 18.8 Å². The van der Waals surface area contributed by atoms with E-state index in [1.54, 1.807) is 0 Å². The van der Waals surface area contributed by atoms with Crippen molar-refractivity contribution in [3.05, 3.63) is 0 Å². The van der Waals surface area contributed by atoms with Crippen LogP contribution in [0, 0.1) is 17.8 Å². The molecular formula is C14H27NO. The summed E-state index contributed by atoms with van der Waals surface area (Å²) in [6.07, 6.45) is 7.71. The maximum absolute atomic E-state index is 6.65. The van der Waals surface area contributed by atoms with Crippen molar-refractivity contribution < 1.29 is 4.74 Å². The molecule has 0 amide bonds. The lowest BCUT2D eigenvalue weighted by molar-refractivity contribution is 0.115. The van der Waals surface area contributed by atoms with Gasteiger partial charge in [0, 0.05) is 18.1 Å². The molecule has 0 aromatic rings. The van der Waals surface area contributed by atoms with Crippen molar-refractivity contribution in [2.24, 2.45) is 23.5 Å². The van der Waals surface area contributed by atoms with Crippen molar-refractivity contribution in [2.45, 2.75) is 57.9 Å². The van der Waals surface area contributed by atoms with Crippen LogP contribution in [0.15, 0.2) is 0 Å². The van der Waals surface area contributed by atoms with Crippen LogP contribution in [-0.2, 0) is 4.74 Å². The monoisotopic (exact) mass is 225 g/mol. The van der Waals surface area contributed by atoms with Crippen LogP contribution in [0.1, 0.15) is 52.4 Å². The zero-order valence-corrected chi connectivity index (χ0v) is 10.9. The fourth-order valence-electron chi connectivity index (χ4n) is 3.69. The lowest BCUT2D eigenvalue weighted by Gasteiger charge is -2.42. The quantitative estimate of drug-likeness (QED) is 0.801. The first-order chi connectivity index (χ1) is 7.60. The molecule has 2 fully saturated rings. The largest absolute Gasteiger partial charge is 0.381 e. The van der Waals surface area contributed by atoms with E-state index in [1.807, 2.05) is 0 Å². The Bertz CT molecular complexity index is 223. The van der Waals surface area contributed by atoms with Crippen molar-refractivity contribution in [2.75, 3.05) is 13.2 Å². The smallest absolute Gasteiger partial charge is 0.0512 e. The van der Waals surface area contributed by atoms with E-state index < -0.39 is 0 Å². The SMILES string of the molecule is CC(C)CC1CCCC(N)(C2CCOC2)C1. The Morgan fingerprint density at radius 3 is 2.81 bits per heavy atom. The van der Waals surface area contributed by atoms with Crippen LogP contribution in [0.25, 0.3) is 0 Å². The van der Waals surface area contributed by atoms with Crippen molar-refractivity contribution in [1.29, 1.82) is 0 Å². The number of ether oxygens (including phenoxy) is 1. The summed E-state index contributed by atoms with van der Waals surface area (Å²) in [5.41, 5.74) is 6.74. The average Bonchev–Trinajstić information content (AvgIpc) is 2.69. The van der Waals surface area contributed by atoms with Gasteiger partial charge >= 0.3 is 0 Å². The molecule has 1 saturated carbocycles. The van der Waals surface area contributed by atoms with Crippen molar-refractivity contribution in [3.8, 4) is 0 Å². The Hall–Kier alpha value is -0.0800. The second-order valence-corrected chi connectivity index (χ2v) is 6.39. The topological polar surface area (TPSA) is 35.2 Å². The van der Waals surface area contributed by atoms with Crippen LogP contribution < -0.4 is 5.73 Å². The summed E-state index contributed by atoms with van der Waals surface area (Å²) in [5.74, 6) is 2.30. The van der Waals surface area contributed by atoms with Gasteiger partial charge in [-0.25, -0.2) is 0 Å². The summed E-state index contributed by atoms with van der Waals surface area (Å²) < 4.78 is 5.51. The van der Waals surface area contributed by atoms with Gasteiger partial charge in [0.2, 0.25) is 0 Å². The van der Waals surface area contributed by atoms with Gasteiger partial charge in [-0.15, -0.1) is 0 Å². The zero-order valence-electron chi connectivity index (χ0n) is 10.9. The third-order valence-corrected chi connectivity index (χ3v) is 4.47. The van der Waals surface area contributed by atoms with E-state index in [-0.39, 0.29) is 5.54 Å². The van der Waals surface area contributed by atoms with Gasteiger partial charge < -0.3 is 10.5 Å². The van der Waals surface area contributed by atoms with E-state index >= 15 is 0 Å². The second-order valence-electron chi connectivity index (χ2n) is 6.39. The van der Waals surface area contributed by atoms with Gasteiger partial charge in [0.05, 0.1) is 6.61 Å². The van der Waals surface area contributed by atoms with Gasteiger partial charge in [-0.3, -0.25) is 0 Å². The van der Waals surface area contributed by atoms with Gasteiger partial charge in [-0.1, -0.05) is 26.7 Å². The normalized spacial score (nSPS) is 40.5. The standard InChI is InChI=1S/C14H27NO/c1-11(2)8-12-4-3-6-14(15,9-12)13-5-7-16-10-13/h11-13H,3-10,15H2,1-2H3. The minimum Gasteiger partial charge on any atom is -0.381 e. The molecule has 1 heterocycles. The van der Waals surface area contributed by atoms with E-state index in [2.05, 4.69) is 13.8 Å². The molecule has 1 aliphatic heterocycles. The minimum atomic E-state index is 0.0916. The van der Waals surface area contributed by atoms with Crippen LogP contribution in [0.2, 0.25) is 0 Å². The highest BCUT2D eigenvalue weighted by Gasteiger charge is 2.40. The number of rotatable bonds is 3. The summed E-state index contributed by atoms with van der Waals surface area (Å²) in [6, 6.07) is 0. The lowest BCUT2D eigenvalue weighted by Crippen LogP contribution is -2.51. The summed E-state index contributed by atoms with van der Waals surface area (Å²) in [6.45, 7) is 6.49. The van der Waals surface area contributed by atoms with Gasteiger partial charge in [0.25, 0.3) is 0 Å². The molecule has 2 aliphatic rings. The maximum Gasteiger partial charge on any atom is 0.0512 e. The molecule has 3 atom stereocenters. The van der Waals surface area contributed by atoms with Gasteiger partial charge in [-0.05, 0) is 37.5 Å². The lowest BCUT2D eigenvalue weighted by atomic mass is 9.68. The number of hydrogen-bond donors (Lipinski definition) is 1. The highest BCUT2D eigenvalue weighted by atomic mass is 16.5. The molecule has 1 saturated heterocycles. The first-order valence-electron chi connectivity index (χ1n) is 6.97. The third kappa shape index (κ3) is 2.78. The van der Waals surface area contributed by atoms with Crippen LogP contribution in [0.5, 0.6) is 0 Å². The van der Waals surface area contributed by atoms with Crippen LogP contribution >= 0.6 is 0 Å². The van der Waals surface area contributed by atoms with E-state index in [0.29, 0.717) is 5.92 Å². The first-order valence-corrected chi connectivity index (χ1v) is 6.97. The number of hydrogen-bond acceptors (Lipinski definition) is 2. The van der Waals surface area contributed by atoms with E-state index in [9.17, 15) is 0 Å². The molecule has 3 unspecified atom stereocenters. The molecular weight excluding hydrogens is 198 g/mol. The second kappa shape index (κ2) is 5.05. The van der Waals surface area contributed by atoms with Crippen LogP contribution in [0.3, 0.4) is 0 Å². The minimum absolute atomic E-state index is 0.0916. The Labute approximate surface area is 99.9 Å². The van der Waals surface area contributed by atoms with Crippen molar-refractivity contribution in [3.63, 3.8) is 0 Å². The fraction of sp³-hybridized carbons (Fsp3) is 1.00. The Kier molecular flexibility index (Phi) is 3.91. The van der Waals surface area contributed by atoms with E-state index in [4.69, 9.17) is 10.5 Å². The van der Waals surface area contributed by atoms with Gasteiger partial charge in [-0.2, -0.15) is 0 Å². The Morgan fingerprint density at radius 2 is 2.19 bits per heavy atom. The third-order valence-electron chi connectivity index (χ3n) is 4.47. The van der Waals surface area contributed by atoms with E-state index in [0.717, 1.165) is 25.0 Å². The highest BCUT2D eigenvalue weighted by Crippen LogP contribution is 2.40. The molecule has 94 valence electrons. The summed E-state index contributed by atoms with van der Waals surface area (Å²) >= 11 is 0. The van der Waals surface area contributed by atoms with Gasteiger partial charge in [0.15, 0.2) is 0 Å². The molecule has 2 nitrogen and oxygen atoms in total. The summed E-state index contributed by atoms with van der Waals surface area (Å²) in [4.78, 5) is 0. The average molecular weight is 225 g/mol. The molecule has 0 aromatic heterocycles. The molecule has 0 spiro atoms. The van der Waals surface area contributed by atoms with Crippen LogP contribution in [0.4, 0.5) is 0 Å². The Morgan fingerprint density at radius 1 is 1.38 bits per heavy atom. The molecule has 2 heteroatoms. The highest BCUT2D eigenvalue weighted by molar-refractivity contribution is 4.97. The molecule has 1 aliphatic carbocycles. The Balaban J connectivity index is 1.93. The molecule has 0 aromatic carbocycles. The van der Waals surface area contributed by atoms with Crippen molar-refractivity contribution in [1.82, 2.24) is 0 Å². The molecule has 2 N–H and O–H groups in total.